The molecule has 27 heavy (non-hydrogen) atoms. The summed E-state index contributed by atoms with van der Waals surface area (Å²) in [4.78, 5) is 14.0. The second kappa shape index (κ2) is 10.0. The molecule has 2 heterocycles. The molecule has 0 radical (unpaired) electrons. The maximum Gasteiger partial charge on any atom is 0.250 e. The largest absolute Gasteiger partial charge is 0.497 e. The fraction of sp³-hybridized carbons (Fsp3) is 0.368. The van der Waals surface area contributed by atoms with Gasteiger partial charge in [0.1, 0.15) is 11.5 Å². The molecule has 0 bridgehead atoms. The number of hydrogen-bond donors (Lipinski definition) is 1. The van der Waals surface area contributed by atoms with Crippen LogP contribution in [0.2, 0.25) is 0 Å². The van der Waals surface area contributed by atoms with Gasteiger partial charge in [0.25, 0.3) is 0 Å². The van der Waals surface area contributed by atoms with Gasteiger partial charge in [-0.2, -0.15) is 5.10 Å². The lowest BCUT2D eigenvalue weighted by Gasteiger charge is -2.26. The summed E-state index contributed by atoms with van der Waals surface area (Å²) in [6.45, 7) is 3.03. The van der Waals surface area contributed by atoms with Crippen molar-refractivity contribution in [2.45, 2.75) is 5.75 Å². The zero-order valence-corrected chi connectivity index (χ0v) is 16.0. The first-order valence-electron chi connectivity index (χ1n) is 8.70. The number of amides is 1. The Kier molecular flexibility index (Phi) is 7.18. The zero-order chi connectivity index (χ0) is 18.9. The number of anilines is 1. The fourth-order valence-electron chi connectivity index (χ4n) is 2.55. The number of ether oxygens (including phenoxy) is 2. The highest BCUT2D eigenvalue weighted by Gasteiger charge is 2.14. The van der Waals surface area contributed by atoms with E-state index in [0.717, 1.165) is 36.0 Å². The summed E-state index contributed by atoms with van der Waals surface area (Å²) in [5.74, 6) is 3.15. The van der Waals surface area contributed by atoms with Crippen molar-refractivity contribution in [1.29, 1.82) is 0 Å². The monoisotopic (exact) mass is 389 g/mol. The molecule has 0 atom stereocenters. The molecule has 8 heteroatoms. The molecule has 0 saturated carbocycles. The van der Waals surface area contributed by atoms with E-state index in [2.05, 4.69) is 15.4 Å². The van der Waals surface area contributed by atoms with Gasteiger partial charge in [-0.1, -0.05) is 12.1 Å². The van der Waals surface area contributed by atoms with Crippen LogP contribution in [0.1, 0.15) is 11.3 Å². The summed E-state index contributed by atoms with van der Waals surface area (Å²) in [5.41, 5.74) is 3.66. The first-order chi connectivity index (χ1) is 13.2. The van der Waals surface area contributed by atoms with E-state index < -0.39 is 0 Å². The van der Waals surface area contributed by atoms with E-state index in [9.17, 15) is 4.79 Å². The van der Waals surface area contributed by atoms with Crippen LogP contribution in [-0.2, 0) is 15.3 Å². The molecule has 1 amide bonds. The van der Waals surface area contributed by atoms with Crippen LogP contribution in [0.4, 0.5) is 5.88 Å². The molecule has 1 fully saturated rings. The average Bonchev–Trinajstić information content (AvgIpc) is 3.18. The quantitative estimate of drug-likeness (QED) is 0.552. The first-order valence-corrected chi connectivity index (χ1v) is 9.85. The summed E-state index contributed by atoms with van der Waals surface area (Å²) in [7, 11) is 1.64. The van der Waals surface area contributed by atoms with Crippen LogP contribution in [0.15, 0.2) is 45.9 Å². The van der Waals surface area contributed by atoms with Crippen LogP contribution < -0.4 is 15.1 Å². The van der Waals surface area contributed by atoms with Crippen molar-refractivity contribution in [2.75, 3.05) is 44.1 Å². The molecule has 1 saturated heterocycles. The number of thioether (sulfide) groups is 1. The van der Waals surface area contributed by atoms with Gasteiger partial charge in [-0.3, -0.25) is 4.79 Å². The number of nitrogens with zero attached hydrogens (tertiary/aromatic N) is 2. The zero-order valence-electron chi connectivity index (χ0n) is 15.2. The molecule has 144 valence electrons. The van der Waals surface area contributed by atoms with Gasteiger partial charge in [-0.05, 0) is 23.8 Å². The van der Waals surface area contributed by atoms with Gasteiger partial charge in [-0.15, -0.1) is 11.8 Å². The number of morpholine rings is 1. The number of carbonyl (C=O) groups excluding carboxylic acids is 1. The summed E-state index contributed by atoms with van der Waals surface area (Å²) >= 11 is 1.53. The fourth-order valence-corrected chi connectivity index (χ4v) is 3.33. The predicted octanol–water partition coefficient (Wildman–Crippen LogP) is 2.51. The Morgan fingerprint density at radius 2 is 2.04 bits per heavy atom. The van der Waals surface area contributed by atoms with E-state index in [1.54, 1.807) is 7.11 Å². The molecule has 2 aromatic rings. The Bertz CT molecular complexity index is 755. The first kappa shape index (κ1) is 19.3. The Morgan fingerprint density at radius 3 is 2.78 bits per heavy atom. The SMILES string of the molecule is COc1ccc(CSCC(=O)N/N=C\c2ccc(N3CCOCC3)o2)cc1. The highest BCUT2D eigenvalue weighted by atomic mass is 32.2. The lowest BCUT2D eigenvalue weighted by Crippen LogP contribution is -2.35. The Morgan fingerprint density at radius 1 is 1.26 bits per heavy atom. The summed E-state index contributed by atoms with van der Waals surface area (Å²) < 4.78 is 16.2. The van der Waals surface area contributed by atoms with E-state index in [0.29, 0.717) is 24.7 Å². The van der Waals surface area contributed by atoms with Crippen LogP contribution in [0.5, 0.6) is 5.75 Å². The minimum Gasteiger partial charge on any atom is -0.497 e. The van der Waals surface area contributed by atoms with Crippen molar-refractivity contribution in [1.82, 2.24) is 5.43 Å². The summed E-state index contributed by atoms with van der Waals surface area (Å²) in [6, 6.07) is 11.5. The maximum absolute atomic E-state index is 11.9. The van der Waals surface area contributed by atoms with Crippen molar-refractivity contribution in [3.63, 3.8) is 0 Å². The number of carbonyl (C=O) groups is 1. The molecule has 0 unspecified atom stereocenters. The minimum atomic E-state index is -0.148. The molecule has 1 N–H and O–H groups in total. The number of nitrogens with one attached hydrogen (secondary N) is 1. The molecule has 1 aromatic carbocycles. The average molecular weight is 389 g/mol. The van der Waals surface area contributed by atoms with E-state index in [4.69, 9.17) is 13.9 Å². The molecule has 1 aliphatic heterocycles. The van der Waals surface area contributed by atoms with Crippen molar-refractivity contribution in [3.8, 4) is 5.75 Å². The normalized spacial score (nSPS) is 14.5. The molecule has 1 aliphatic rings. The topological polar surface area (TPSA) is 76.3 Å². The molecular formula is C19H23N3O4S. The molecule has 0 spiro atoms. The third-order valence-electron chi connectivity index (χ3n) is 3.98. The number of furan rings is 1. The van der Waals surface area contributed by atoms with Gasteiger partial charge in [0.15, 0.2) is 5.88 Å². The third-order valence-corrected chi connectivity index (χ3v) is 4.98. The van der Waals surface area contributed by atoms with E-state index in [-0.39, 0.29) is 5.91 Å². The number of benzene rings is 1. The van der Waals surface area contributed by atoms with Gasteiger partial charge in [0.2, 0.25) is 5.91 Å². The molecule has 1 aromatic heterocycles. The van der Waals surface area contributed by atoms with Crippen LogP contribution in [0.25, 0.3) is 0 Å². The number of methoxy groups -OCH3 is 1. The Hall–Kier alpha value is -2.45. The Labute approximate surface area is 162 Å². The van der Waals surface area contributed by atoms with Gasteiger partial charge >= 0.3 is 0 Å². The maximum atomic E-state index is 11.9. The summed E-state index contributed by atoms with van der Waals surface area (Å²) in [6.07, 6.45) is 1.51. The standard InChI is InChI=1S/C19H23N3O4S/c1-24-16-4-2-15(3-5-16)13-27-14-18(23)21-20-12-17-6-7-19(26-17)22-8-10-25-11-9-22/h2-7,12H,8-11,13-14H2,1H3,(H,21,23)/b20-12-. The minimum absolute atomic E-state index is 0.148. The number of hydrazone groups is 1. The lowest BCUT2D eigenvalue weighted by atomic mass is 10.2. The highest BCUT2D eigenvalue weighted by Crippen LogP contribution is 2.19. The van der Waals surface area contributed by atoms with Gasteiger partial charge in [-0.25, -0.2) is 5.43 Å². The van der Waals surface area contributed by atoms with Gasteiger partial charge in [0.05, 0.1) is 32.3 Å². The van der Waals surface area contributed by atoms with Crippen LogP contribution in [-0.4, -0.2) is 51.3 Å². The van der Waals surface area contributed by atoms with Crippen LogP contribution >= 0.6 is 11.8 Å². The van der Waals surface area contributed by atoms with E-state index >= 15 is 0 Å². The van der Waals surface area contributed by atoms with Crippen LogP contribution in [0, 0.1) is 0 Å². The second-order valence-electron chi connectivity index (χ2n) is 5.91. The third kappa shape index (κ3) is 6.04. The molecule has 0 aliphatic carbocycles. The lowest BCUT2D eigenvalue weighted by molar-refractivity contribution is -0.118. The smallest absolute Gasteiger partial charge is 0.250 e. The Balaban J connectivity index is 1.37. The molecule has 3 rings (SSSR count). The molecular weight excluding hydrogens is 366 g/mol. The van der Waals surface area contributed by atoms with Crippen molar-refractivity contribution >= 4 is 29.8 Å². The van der Waals surface area contributed by atoms with Crippen molar-refractivity contribution in [2.24, 2.45) is 5.10 Å². The second-order valence-corrected chi connectivity index (χ2v) is 6.90. The van der Waals surface area contributed by atoms with Crippen molar-refractivity contribution < 1.29 is 18.7 Å². The van der Waals surface area contributed by atoms with E-state index in [1.807, 2.05) is 36.4 Å². The number of hydrogen-bond acceptors (Lipinski definition) is 7. The highest BCUT2D eigenvalue weighted by molar-refractivity contribution is 7.99. The van der Waals surface area contributed by atoms with Crippen molar-refractivity contribution in [3.05, 3.63) is 47.7 Å². The predicted molar refractivity (Wildman–Crippen MR) is 107 cm³/mol. The van der Waals surface area contributed by atoms with Gasteiger partial charge in [0, 0.05) is 24.9 Å². The summed E-state index contributed by atoms with van der Waals surface area (Å²) in [5, 5.41) is 3.96. The van der Waals surface area contributed by atoms with E-state index in [1.165, 1.54) is 18.0 Å². The molecule has 7 nitrogen and oxygen atoms in total. The number of rotatable bonds is 8. The van der Waals surface area contributed by atoms with Gasteiger partial charge < -0.3 is 18.8 Å². The van der Waals surface area contributed by atoms with Crippen LogP contribution in [0.3, 0.4) is 0 Å².